The monoisotopic (exact) mass is 200 g/mol. The first-order valence-corrected chi connectivity index (χ1v) is 5.32. The van der Waals surface area contributed by atoms with Gasteiger partial charge in [-0.25, -0.2) is 0 Å². The molecule has 1 rings (SSSR count). The second-order valence-corrected chi connectivity index (χ2v) is 3.98. The van der Waals surface area contributed by atoms with E-state index < -0.39 is 5.97 Å². The molecule has 1 heterocycles. The highest BCUT2D eigenvalue weighted by Gasteiger charge is 2.23. The number of rotatable bonds is 3. The zero-order valence-corrected chi connectivity index (χ0v) is 8.99. The zero-order chi connectivity index (χ0) is 10.6. The Kier molecular flexibility index (Phi) is 4.35. The van der Waals surface area contributed by atoms with Crippen molar-refractivity contribution in [3.8, 4) is 0 Å². The van der Waals surface area contributed by atoms with Gasteiger partial charge in [0.25, 0.3) is 0 Å². The van der Waals surface area contributed by atoms with Crippen molar-refractivity contribution in [2.75, 3.05) is 19.6 Å². The Balaban J connectivity index is 2.54. The van der Waals surface area contributed by atoms with Crippen LogP contribution in [0.25, 0.3) is 0 Å². The minimum absolute atomic E-state index is 0.155. The van der Waals surface area contributed by atoms with Crippen LogP contribution in [0.5, 0.6) is 0 Å². The molecule has 0 saturated carbocycles. The second kappa shape index (κ2) is 5.32. The Labute approximate surface area is 85.3 Å². The molecule has 0 aromatic heterocycles. The highest BCUT2D eigenvalue weighted by molar-refractivity contribution is 5.67. The molecule has 2 atom stereocenters. The molecule has 0 aromatic rings. The van der Waals surface area contributed by atoms with Gasteiger partial charge in [-0.15, -0.1) is 0 Å². The number of hydrogen-bond donors (Lipinski definition) is 2. The second-order valence-electron chi connectivity index (χ2n) is 3.98. The van der Waals surface area contributed by atoms with Crippen molar-refractivity contribution in [1.29, 1.82) is 0 Å². The fourth-order valence-electron chi connectivity index (χ4n) is 1.93. The van der Waals surface area contributed by atoms with Crippen LogP contribution in [0.15, 0.2) is 0 Å². The smallest absolute Gasteiger partial charge is 0.304 e. The van der Waals surface area contributed by atoms with Crippen LogP contribution in [0.1, 0.15) is 26.7 Å². The molecule has 0 amide bonds. The molecule has 2 N–H and O–H groups in total. The van der Waals surface area contributed by atoms with Gasteiger partial charge in [0.1, 0.15) is 0 Å². The lowest BCUT2D eigenvalue weighted by molar-refractivity contribution is -0.138. The molecule has 0 aliphatic carbocycles. The number of nitrogens with zero attached hydrogens (tertiary/aromatic N) is 1. The molecule has 1 saturated heterocycles. The zero-order valence-electron chi connectivity index (χ0n) is 8.99. The van der Waals surface area contributed by atoms with Gasteiger partial charge in [-0.2, -0.15) is 0 Å². The third kappa shape index (κ3) is 3.27. The fourth-order valence-corrected chi connectivity index (χ4v) is 1.93. The first-order chi connectivity index (χ1) is 6.63. The summed E-state index contributed by atoms with van der Waals surface area (Å²) < 4.78 is 0. The van der Waals surface area contributed by atoms with Crippen LogP contribution in [0, 0.1) is 0 Å². The fraction of sp³-hybridized carbons (Fsp3) is 0.900. The van der Waals surface area contributed by atoms with Crippen LogP contribution in [0.3, 0.4) is 0 Å². The van der Waals surface area contributed by atoms with Crippen molar-refractivity contribution in [3.05, 3.63) is 0 Å². The van der Waals surface area contributed by atoms with E-state index in [0.717, 1.165) is 26.1 Å². The Bertz CT molecular complexity index is 197. The highest BCUT2D eigenvalue weighted by atomic mass is 16.4. The molecular formula is C10H20N2O2. The van der Waals surface area contributed by atoms with E-state index in [2.05, 4.69) is 24.1 Å². The van der Waals surface area contributed by atoms with Crippen LogP contribution >= 0.6 is 0 Å². The number of hydrogen-bond acceptors (Lipinski definition) is 3. The molecule has 1 aliphatic rings. The maximum absolute atomic E-state index is 10.7. The highest BCUT2D eigenvalue weighted by Crippen LogP contribution is 2.10. The molecule has 0 aromatic carbocycles. The number of likely N-dealkylation sites (N-methyl/N-ethyl adjacent to an activating group) is 1. The molecule has 0 spiro atoms. The molecular weight excluding hydrogens is 180 g/mol. The van der Waals surface area contributed by atoms with Gasteiger partial charge in [0.05, 0.1) is 6.42 Å². The van der Waals surface area contributed by atoms with Crippen LogP contribution in [0.4, 0.5) is 0 Å². The van der Waals surface area contributed by atoms with Crippen molar-refractivity contribution in [3.63, 3.8) is 0 Å². The molecule has 1 fully saturated rings. The number of carboxylic acids is 1. The van der Waals surface area contributed by atoms with Crippen molar-refractivity contribution in [2.24, 2.45) is 0 Å². The summed E-state index contributed by atoms with van der Waals surface area (Å²) >= 11 is 0. The molecule has 0 radical (unpaired) electrons. The molecule has 4 nitrogen and oxygen atoms in total. The van der Waals surface area contributed by atoms with Gasteiger partial charge in [-0.05, 0) is 26.4 Å². The van der Waals surface area contributed by atoms with Crippen molar-refractivity contribution >= 4 is 5.97 Å². The Morgan fingerprint density at radius 2 is 2.36 bits per heavy atom. The van der Waals surface area contributed by atoms with Crippen LogP contribution < -0.4 is 5.32 Å². The summed E-state index contributed by atoms with van der Waals surface area (Å²) in [6.07, 6.45) is 1.34. The summed E-state index contributed by atoms with van der Waals surface area (Å²) in [5.74, 6) is -0.704. The number of nitrogens with one attached hydrogen (secondary N) is 1. The third-order valence-electron chi connectivity index (χ3n) is 2.88. The predicted molar refractivity (Wildman–Crippen MR) is 55.4 cm³/mol. The Morgan fingerprint density at radius 1 is 1.64 bits per heavy atom. The van der Waals surface area contributed by atoms with E-state index in [0.29, 0.717) is 6.04 Å². The molecule has 82 valence electrons. The molecule has 4 heteroatoms. The van der Waals surface area contributed by atoms with Crippen LogP contribution in [-0.2, 0) is 4.79 Å². The van der Waals surface area contributed by atoms with E-state index in [9.17, 15) is 4.79 Å². The predicted octanol–water partition coefficient (Wildman–Crippen LogP) is 0.533. The Morgan fingerprint density at radius 3 is 2.93 bits per heavy atom. The van der Waals surface area contributed by atoms with Gasteiger partial charge >= 0.3 is 5.97 Å². The van der Waals surface area contributed by atoms with Crippen molar-refractivity contribution in [2.45, 2.75) is 38.8 Å². The van der Waals surface area contributed by atoms with Crippen LogP contribution in [0.2, 0.25) is 0 Å². The van der Waals surface area contributed by atoms with Crippen molar-refractivity contribution in [1.82, 2.24) is 10.2 Å². The van der Waals surface area contributed by atoms with E-state index in [1.54, 1.807) is 0 Å². The standard InChI is InChI=1S/C10H20N2O2/c1-3-12-5-4-8(2)11-7-9(12)6-10(13)14/h8-9,11H,3-7H2,1-2H3,(H,13,14). The SMILES string of the molecule is CCN1CCC(C)NCC1CC(=O)O. The van der Waals surface area contributed by atoms with E-state index >= 15 is 0 Å². The summed E-state index contributed by atoms with van der Waals surface area (Å²) in [6, 6.07) is 0.658. The summed E-state index contributed by atoms with van der Waals surface area (Å²) in [6.45, 7) is 6.97. The summed E-state index contributed by atoms with van der Waals surface area (Å²) in [4.78, 5) is 12.9. The van der Waals surface area contributed by atoms with E-state index in [1.165, 1.54) is 0 Å². The van der Waals surface area contributed by atoms with Crippen LogP contribution in [-0.4, -0.2) is 47.7 Å². The van der Waals surface area contributed by atoms with Gasteiger partial charge in [0.15, 0.2) is 0 Å². The van der Waals surface area contributed by atoms with Gasteiger partial charge < -0.3 is 10.4 Å². The minimum Gasteiger partial charge on any atom is -0.481 e. The maximum Gasteiger partial charge on any atom is 0.304 e. The quantitative estimate of drug-likeness (QED) is 0.698. The summed E-state index contributed by atoms with van der Waals surface area (Å²) in [5.41, 5.74) is 0. The summed E-state index contributed by atoms with van der Waals surface area (Å²) in [7, 11) is 0. The molecule has 2 unspecified atom stereocenters. The third-order valence-corrected chi connectivity index (χ3v) is 2.88. The van der Waals surface area contributed by atoms with Gasteiger partial charge in [-0.3, -0.25) is 9.69 Å². The van der Waals surface area contributed by atoms with Crippen molar-refractivity contribution < 1.29 is 9.90 Å². The Hall–Kier alpha value is -0.610. The normalized spacial score (nSPS) is 29.9. The minimum atomic E-state index is -0.704. The largest absolute Gasteiger partial charge is 0.481 e. The summed E-state index contributed by atoms with van der Waals surface area (Å²) in [5, 5.41) is 12.1. The van der Waals surface area contributed by atoms with E-state index in [4.69, 9.17) is 5.11 Å². The van der Waals surface area contributed by atoms with Gasteiger partial charge in [0.2, 0.25) is 0 Å². The van der Waals surface area contributed by atoms with Gasteiger partial charge in [-0.1, -0.05) is 6.92 Å². The lowest BCUT2D eigenvalue weighted by atomic mass is 10.2. The lowest BCUT2D eigenvalue weighted by Gasteiger charge is -2.26. The number of carboxylic acid groups (broad SMARTS) is 1. The maximum atomic E-state index is 10.7. The average Bonchev–Trinajstić information content (AvgIpc) is 2.28. The lowest BCUT2D eigenvalue weighted by Crippen LogP contribution is -2.41. The molecule has 0 bridgehead atoms. The topological polar surface area (TPSA) is 52.6 Å². The number of aliphatic carboxylic acids is 1. The van der Waals surface area contributed by atoms with E-state index in [-0.39, 0.29) is 12.5 Å². The van der Waals surface area contributed by atoms with Gasteiger partial charge in [0, 0.05) is 18.6 Å². The molecule has 14 heavy (non-hydrogen) atoms. The first-order valence-electron chi connectivity index (χ1n) is 5.32. The first kappa shape index (κ1) is 11.5. The molecule has 1 aliphatic heterocycles. The van der Waals surface area contributed by atoms with E-state index in [1.807, 2.05) is 0 Å². The number of carbonyl (C=O) groups is 1. The average molecular weight is 200 g/mol.